The average Bonchev–Trinajstić information content (AvgIpc) is 2.49. The summed E-state index contributed by atoms with van der Waals surface area (Å²) in [6.45, 7) is 12.0. The molecule has 0 aliphatic rings. The van der Waals surface area contributed by atoms with E-state index in [1.54, 1.807) is 0 Å². The van der Waals surface area contributed by atoms with Gasteiger partial charge in [-0.25, -0.2) is 0 Å². The number of hydrogen-bond acceptors (Lipinski definition) is 3. The van der Waals surface area contributed by atoms with Crippen molar-refractivity contribution in [1.29, 1.82) is 0 Å². The maximum absolute atomic E-state index is 10.6. The normalized spacial score (nSPS) is 12.0. The summed E-state index contributed by atoms with van der Waals surface area (Å²) in [6, 6.07) is 0. The number of rotatable bonds is 13. The molecule has 0 atom stereocenters. The third kappa shape index (κ3) is 14.0. The third-order valence-corrected chi connectivity index (χ3v) is 3.52. The van der Waals surface area contributed by atoms with E-state index in [-0.39, 0.29) is 24.0 Å². The molecule has 0 aromatic rings. The molecule has 0 fully saturated rings. The van der Waals surface area contributed by atoms with Crippen molar-refractivity contribution in [2.24, 2.45) is 4.99 Å². The smallest absolute Gasteiger partial charge is 0.191 e. The van der Waals surface area contributed by atoms with E-state index in [4.69, 9.17) is 4.74 Å². The van der Waals surface area contributed by atoms with Gasteiger partial charge in [0.1, 0.15) is 0 Å². The van der Waals surface area contributed by atoms with Crippen LogP contribution in [0.3, 0.4) is 0 Å². The van der Waals surface area contributed by atoms with Gasteiger partial charge >= 0.3 is 0 Å². The van der Waals surface area contributed by atoms with Crippen LogP contribution >= 0.6 is 24.0 Å². The van der Waals surface area contributed by atoms with Crippen LogP contribution in [-0.2, 0) is 4.74 Å². The van der Waals surface area contributed by atoms with Crippen LogP contribution in [-0.4, -0.2) is 49.5 Å². The first kappa shape index (κ1) is 25.2. The molecule has 0 saturated heterocycles. The molecule has 5 nitrogen and oxygen atoms in total. The second-order valence-electron chi connectivity index (χ2n) is 5.75. The number of aliphatic hydroxyl groups is 1. The first-order valence-corrected chi connectivity index (χ1v) is 8.94. The Morgan fingerprint density at radius 3 is 2.22 bits per heavy atom. The van der Waals surface area contributed by atoms with Crippen LogP contribution in [0.1, 0.15) is 66.2 Å². The fraction of sp³-hybridized carbons (Fsp3) is 0.941. The summed E-state index contributed by atoms with van der Waals surface area (Å²) in [7, 11) is 0. The Bertz CT molecular complexity index is 283. The summed E-state index contributed by atoms with van der Waals surface area (Å²) < 4.78 is 5.33. The van der Waals surface area contributed by atoms with E-state index in [1.165, 1.54) is 0 Å². The quantitative estimate of drug-likeness (QED) is 0.177. The first-order chi connectivity index (χ1) is 10.6. The zero-order valence-corrected chi connectivity index (χ0v) is 17.8. The Morgan fingerprint density at radius 2 is 1.70 bits per heavy atom. The van der Waals surface area contributed by atoms with Gasteiger partial charge in [0.25, 0.3) is 0 Å². The minimum absolute atomic E-state index is 0. The van der Waals surface area contributed by atoms with Crippen molar-refractivity contribution in [3.63, 3.8) is 0 Å². The van der Waals surface area contributed by atoms with Gasteiger partial charge < -0.3 is 20.5 Å². The van der Waals surface area contributed by atoms with E-state index in [9.17, 15) is 5.11 Å². The van der Waals surface area contributed by atoms with Crippen molar-refractivity contribution >= 4 is 29.9 Å². The monoisotopic (exact) mass is 443 g/mol. The highest BCUT2D eigenvalue weighted by Crippen LogP contribution is 2.19. The molecule has 140 valence electrons. The lowest BCUT2D eigenvalue weighted by Gasteiger charge is -2.26. The predicted octanol–water partition coefficient (Wildman–Crippen LogP) is 3.31. The van der Waals surface area contributed by atoms with Gasteiger partial charge in [-0.1, -0.05) is 26.7 Å². The highest BCUT2D eigenvalue weighted by Gasteiger charge is 2.24. The first-order valence-electron chi connectivity index (χ1n) is 8.94. The summed E-state index contributed by atoms with van der Waals surface area (Å²) in [6.07, 6.45) is 5.67. The number of hydrogen-bond donors (Lipinski definition) is 3. The molecule has 3 N–H and O–H groups in total. The number of aliphatic imine (C=N–C) groups is 1. The van der Waals surface area contributed by atoms with Crippen LogP contribution in [0.2, 0.25) is 0 Å². The number of nitrogens with zero attached hydrogens (tertiary/aromatic N) is 1. The number of guanidine groups is 1. The van der Waals surface area contributed by atoms with Gasteiger partial charge in [0, 0.05) is 26.3 Å². The molecule has 6 heteroatoms. The fourth-order valence-electron chi connectivity index (χ4n) is 2.46. The lowest BCUT2D eigenvalue weighted by atomic mass is 9.93. The summed E-state index contributed by atoms with van der Waals surface area (Å²) in [5, 5.41) is 17.2. The van der Waals surface area contributed by atoms with E-state index in [2.05, 4.69) is 36.4 Å². The van der Waals surface area contributed by atoms with Gasteiger partial charge in [-0.15, -0.1) is 24.0 Å². The van der Waals surface area contributed by atoms with Crippen LogP contribution in [0.15, 0.2) is 4.99 Å². The zero-order chi connectivity index (χ0) is 16.7. The summed E-state index contributed by atoms with van der Waals surface area (Å²) in [5.41, 5.74) is -0.666. The van der Waals surface area contributed by atoms with Gasteiger partial charge in [-0.3, -0.25) is 4.99 Å². The molecule has 0 unspecified atom stereocenters. The summed E-state index contributed by atoms with van der Waals surface area (Å²) in [5.74, 6) is 0.796. The minimum atomic E-state index is -0.666. The number of halogens is 1. The van der Waals surface area contributed by atoms with Crippen molar-refractivity contribution < 1.29 is 9.84 Å². The van der Waals surface area contributed by atoms with Gasteiger partial charge in [-0.2, -0.15) is 0 Å². The molecule has 0 rings (SSSR count). The standard InChI is InChI=1S/C17H37N3O2.HI/c1-5-11-17(21,12-6-2)15-20-16(18-7-3)19-13-9-10-14-22-8-4;/h21H,5-15H2,1-4H3,(H2,18,19,20);1H. The Morgan fingerprint density at radius 1 is 1.04 bits per heavy atom. The molecule has 0 heterocycles. The molecule has 0 amide bonds. The van der Waals surface area contributed by atoms with Crippen molar-refractivity contribution in [2.45, 2.75) is 71.8 Å². The highest BCUT2D eigenvalue weighted by molar-refractivity contribution is 14.0. The number of ether oxygens (including phenoxy) is 1. The van der Waals surface area contributed by atoms with Gasteiger partial charge in [-0.05, 0) is 39.5 Å². The largest absolute Gasteiger partial charge is 0.388 e. The predicted molar refractivity (Wildman–Crippen MR) is 110 cm³/mol. The second-order valence-corrected chi connectivity index (χ2v) is 5.75. The molecule has 0 aliphatic heterocycles. The molecular formula is C17H38IN3O2. The second kappa shape index (κ2) is 16.8. The Kier molecular flexibility index (Phi) is 18.3. The number of nitrogens with one attached hydrogen (secondary N) is 2. The summed E-state index contributed by atoms with van der Waals surface area (Å²) >= 11 is 0. The molecule has 0 saturated carbocycles. The SMILES string of the molecule is CCCC(O)(CCC)CN=C(NCC)NCCCCOCC.I. The van der Waals surface area contributed by atoms with Crippen LogP contribution in [0, 0.1) is 0 Å². The van der Waals surface area contributed by atoms with E-state index in [0.29, 0.717) is 6.54 Å². The maximum Gasteiger partial charge on any atom is 0.191 e. The molecule has 0 spiro atoms. The lowest BCUT2D eigenvalue weighted by Crippen LogP contribution is -2.40. The van der Waals surface area contributed by atoms with Crippen molar-refractivity contribution in [1.82, 2.24) is 10.6 Å². The van der Waals surface area contributed by atoms with E-state index in [0.717, 1.165) is 70.8 Å². The molecule has 0 aliphatic carbocycles. The van der Waals surface area contributed by atoms with Gasteiger partial charge in [0.2, 0.25) is 0 Å². The molecule has 0 aromatic carbocycles. The highest BCUT2D eigenvalue weighted by atomic mass is 127. The summed E-state index contributed by atoms with van der Waals surface area (Å²) in [4.78, 5) is 4.57. The average molecular weight is 443 g/mol. The molecular weight excluding hydrogens is 405 g/mol. The Hall–Kier alpha value is -0.0800. The zero-order valence-electron chi connectivity index (χ0n) is 15.5. The van der Waals surface area contributed by atoms with Crippen LogP contribution in [0.25, 0.3) is 0 Å². The molecule has 23 heavy (non-hydrogen) atoms. The van der Waals surface area contributed by atoms with Crippen LogP contribution < -0.4 is 10.6 Å². The fourth-order valence-corrected chi connectivity index (χ4v) is 2.46. The van der Waals surface area contributed by atoms with E-state index < -0.39 is 5.60 Å². The van der Waals surface area contributed by atoms with Crippen LogP contribution in [0.5, 0.6) is 0 Å². The van der Waals surface area contributed by atoms with Gasteiger partial charge in [0.15, 0.2) is 5.96 Å². The molecule has 0 bridgehead atoms. The minimum Gasteiger partial charge on any atom is -0.388 e. The van der Waals surface area contributed by atoms with E-state index >= 15 is 0 Å². The maximum atomic E-state index is 10.6. The van der Waals surface area contributed by atoms with Crippen LogP contribution in [0.4, 0.5) is 0 Å². The molecule has 0 radical (unpaired) electrons. The molecule has 0 aromatic heterocycles. The van der Waals surface area contributed by atoms with Crippen molar-refractivity contribution in [3.05, 3.63) is 0 Å². The topological polar surface area (TPSA) is 65.9 Å². The van der Waals surface area contributed by atoms with Gasteiger partial charge in [0.05, 0.1) is 12.1 Å². The van der Waals surface area contributed by atoms with Crippen molar-refractivity contribution in [2.75, 3.05) is 32.8 Å². The Labute approximate surface area is 160 Å². The number of unbranched alkanes of at least 4 members (excludes halogenated alkanes) is 1. The van der Waals surface area contributed by atoms with E-state index in [1.807, 2.05) is 6.92 Å². The van der Waals surface area contributed by atoms with Crippen molar-refractivity contribution in [3.8, 4) is 0 Å². The lowest BCUT2D eigenvalue weighted by molar-refractivity contribution is 0.0306. The third-order valence-electron chi connectivity index (χ3n) is 3.52. The Balaban J connectivity index is 0.